The summed E-state index contributed by atoms with van der Waals surface area (Å²) in [5, 5.41) is 3.45. The minimum absolute atomic E-state index is 0.896. The van der Waals surface area contributed by atoms with Gasteiger partial charge in [0.2, 0.25) is 0 Å². The number of rotatable bonds is 2. The normalized spacial score (nSPS) is 46.5. The summed E-state index contributed by atoms with van der Waals surface area (Å²) in [7, 11) is 0. The molecule has 1 heterocycles. The SMILES string of the molecule is C1CC(CC23CC(C2)C3)CCN1. The van der Waals surface area contributed by atoms with Gasteiger partial charge >= 0.3 is 0 Å². The largest absolute Gasteiger partial charge is 0.317 e. The van der Waals surface area contributed by atoms with E-state index in [1.54, 1.807) is 25.7 Å². The lowest BCUT2D eigenvalue weighted by molar-refractivity contribution is -0.124. The van der Waals surface area contributed by atoms with Crippen LogP contribution in [0.25, 0.3) is 0 Å². The Morgan fingerprint density at radius 1 is 1.08 bits per heavy atom. The molecule has 68 valence electrons. The van der Waals surface area contributed by atoms with E-state index >= 15 is 0 Å². The van der Waals surface area contributed by atoms with E-state index < -0.39 is 0 Å². The Morgan fingerprint density at radius 3 is 2.25 bits per heavy atom. The molecule has 0 unspecified atom stereocenters. The fourth-order valence-electron chi connectivity index (χ4n) is 3.61. The van der Waals surface area contributed by atoms with Crippen LogP contribution in [0.1, 0.15) is 38.5 Å². The standard InChI is InChI=1S/C11H19N/c1-3-12-4-2-9(1)5-11-6-10(7-11)8-11/h9-10,12H,1-8H2. The number of hydrogen-bond donors (Lipinski definition) is 1. The molecule has 12 heavy (non-hydrogen) atoms. The van der Waals surface area contributed by atoms with Crippen LogP contribution in [0.15, 0.2) is 0 Å². The van der Waals surface area contributed by atoms with E-state index in [0.717, 1.165) is 11.3 Å². The van der Waals surface area contributed by atoms with E-state index in [9.17, 15) is 0 Å². The third kappa shape index (κ3) is 1.02. The Balaban J connectivity index is 1.53. The van der Waals surface area contributed by atoms with Gasteiger partial charge < -0.3 is 5.32 Å². The van der Waals surface area contributed by atoms with E-state index in [0.29, 0.717) is 0 Å². The second kappa shape index (κ2) is 2.47. The highest BCUT2D eigenvalue weighted by Crippen LogP contribution is 2.67. The summed E-state index contributed by atoms with van der Waals surface area (Å²) in [6, 6.07) is 0. The monoisotopic (exact) mass is 165 g/mol. The third-order valence-corrected chi connectivity index (χ3v) is 4.35. The van der Waals surface area contributed by atoms with Gasteiger partial charge in [0.15, 0.2) is 0 Å². The van der Waals surface area contributed by atoms with Crippen molar-refractivity contribution in [3.63, 3.8) is 0 Å². The molecule has 0 atom stereocenters. The summed E-state index contributed by atoms with van der Waals surface area (Å²) in [5.41, 5.74) is 0.896. The Bertz CT molecular complexity index is 164. The van der Waals surface area contributed by atoms with E-state index in [-0.39, 0.29) is 0 Å². The summed E-state index contributed by atoms with van der Waals surface area (Å²) < 4.78 is 0. The van der Waals surface area contributed by atoms with E-state index in [1.807, 2.05) is 0 Å². The maximum absolute atomic E-state index is 3.45. The summed E-state index contributed by atoms with van der Waals surface area (Å²) in [6.07, 6.45) is 9.26. The molecule has 0 amide bonds. The van der Waals surface area contributed by atoms with Crippen LogP contribution in [0.5, 0.6) is 0 Å². The average molecular weight is 165 g/mol. The first-order chi connectivity index (χ1) is 5.86. The first kappa shape index (κ1) is 7.37. The Labute approximate surface area is 74.9 Å². The molecule has 1 N–H and O–H groups in total. The van der Waals surface area contributed by atoms with Crippen molar-refractivity contribution in [2.45, 2.75) is 38.5 Å². The fraction of sp³-hybridized carbons (Fsp3) is 1.00. The molecule has 0 aromatic carbocycles. The van der Waals surface area contributed by atoms with Crippen molar-refractivity contribution < 1.29 is 0 Å². The van der Waals surface area contributed by atoms with Crippen LogP contribution < -0.4 is 5.32 Å². The highest BCUT2D eigenvalue weighted by molar-refractivity contribution is 5.07. The molecule has 0 radical (unpaired) electrons. The minimum atomic E-state index is 0.896. The van der Waals surface area contributed by atoms with Crippen molar-refractivity contribution in [2.24, 2.45) is 17.3 Å². The Hall–Kier alpha value is -0.0400. The van der Waals surface area contributed by atoms with E-state index in [1.165, 1.54) is 31.8 Å². The molecule has 0 spiro atoms. The molecule has 4 rings (SSSR count). The molecule has 1 saturated heterocycles. The topological polar surface area (TPSA) is 12.0 Å². The summed E-state index contributed by atoms with van der Waals surface area (Å²) >= 11 is 0. The van der Waals surface area contributed by atoms with Crippen molar-refractivity contribution in [2.75, 3.05) is 13.1 Å². The van der Waals surface area contributed by atoms with Crippen molar-refractivity contribution in [3.8, 4) is 0 Å². The van der Waals surface area contributed by atoms with Crippen LogP contribution in [0.3, 0.4) is 0 Å². The maximum Gasteiger partial charge on any atom is -0.00463 e. The summed E-state index contributed by atoms with van der Waals surface area (Å²) in [5.74, 6) is 2.25. The van der Waals surface area contributed by atoms with Gasteiger partial charge in [-0.25, -0.2) is 0 Å². The number of piperidine rings is 1. The molecule has 4 fully saturated rings. The molecule has 1 nitrogen and oxygen atoms in total. The van der Waals surface area contributed by atoms with Gasteiger partial charge in [0, 0.05) is 0 Å². The van der Waals surface area contributed by atoms with Crippen LogP contribution in [-0.4, -0.2) is 13.1 Å². The van der Waals surface area contributed by atoms with Gasteiger partial charge in [-0.05, 0) is 68.9 Å². The number of hydrogen-bond acceptors (Lipinski definition) is 1. The lowest BCUT2D eigenvalue weighted by Crippen LogP contribution is -2.53. The lowest BCUT2D eigenvalue weighted by atomic mass is 9.42. The van der Waals surface area contributed by atoms with Crippen molar-refractivity contribution in [3.05, 3.63) is 0 Å². The highest BCUT2D eigenvalue weighted by Gasteiger charge is 2.56. The van der Waals surface area contributed by atoms with Crippen LogP contribution in [0.4, 0.5) is 0 Å². The first-order valence-electron chi connectivity index (χ1n) is 5.57. The molecular weight excluding hydrogens is 146 g/mol. The predicted octanol–water partition coefficient (Wildman–Crippen LogP) is 2.18. The molecule has 1 heteroatoms. The predicted molar refractivity (Wildman–Crippen MR) is 50.0 cm³/mol. The van der Waals surface area contributed by atoms with Crippen LogP contribution >= 0.6 is 0 Å². The zero-order chi connectivity index (χ0) is 8.02. The molecule has 1 aliphatic heterocycles. The zero-order valence-corrected chi connectivity index (χ0v) is 7.81. The zero-order valence-electron chi connectivity index (χ0n) is 7.81. The van der Waals surface area contributed by atoms with E-state index in [2.05, 4.69) is 5.32 Å². The molecular formula is C11H19N. The Kier molecular flexibility index (Phi) is 1.52. The van der Waals surface area contributed by atoms with Gasteiger partial charge in [-0.15, -0.1) is 0 Å². The number of nitrogens with one attached hydrogen (secondary N) is 1. The highest BCUT2D eigenvalue weighted by atomic mass is 14.9. The van der Waals surface area contributed by atoms with Crippen LogP contribution in [0, 0.1) is 17.3 Å². The van der Waals surface area contributed by atoms with Crippen molar-refractivity contribution in [1.29, 1.82) is 0 Å². The first-order valence-corrected chi connectivity index (χ1v) is 5.57. The lowest BCUT2D eigenvalue weighted by Gasteiger charge is -2.63. The van der Waals surface area contributed by atoms with Crippen LogP contribution in [-0.2, 0) is 0 Å². The second-order valence-electron chi connectivity index (χ2n) is 5.38. The quantitative estimate of drug-likeness (QED) is 0.661. The van der Waals surface area contributed by atoms with Gasteiger partial charge in [0.05, 0.1) is 0 Å². The Morgan fingerprint density at radius 2 is 1.75 bits per heavy atom. The van der Waals surface area contributed by atoms with Crippen LogP contribution in [0.2, 0.25) is 0 Å². The van der Waals surface area contributed by atoms with Gasteiger partial charge in [-0.2, -0.15) is 0 Å². The molecule has 0 aromatic rings. The van der Waals surface area contributed by atoms with Crippen molar-refractivity contribution >= 4 is 0 Å². The molecule has 3 saturated carbocycles. The van der Waals surface area contributed by atoms with Crippen molar-refractivity contribution in [1.82, 2.24) is 5.32 Å². The fourth-order valence-corrected chi connectivity index (χ4v) is 3.61. The smallest absolute Gasteiger partial charge is 0.00463 e. The van der Waals surface area contributed by atoms with Gasteiger partial charge in [0.25, 0.3) is 0 Å². The average Bonchev–Trinajstić information content (AvgIpc) is 1.97. The molecule has 4 aliphatic rings. The minimum Gasteiger partial charge on any atom is -0.317 e. The molecule has 0 aromatic heterocycles. The second-order valence-corrected chi connectivity index (χ2v) is 5.38. The summed E-state index contributed by atoms with van der Waals surface area (Å²) in [4.78, 5) is 0. The van der Waals surface area contributed by atoms with Gasteiger partial charge in [-0.1, -0.05) is 0 Å². The molecule has 3 aliphatic carbocycles. The van der Waals surface area contributed by atoms with E-state index in [4.69, 9.17) is 0 Å². The third-order valence-electron chi connectivity index (χ3n) is 4.35. The maximum atomic E-state index is 3.45. The van der Waals surface area contributed by atoms with Gasteiger partial charge in [0.1, 0.15) is 0 Å². The summed E-state index contributed by atoms with van der Waals surface area (Å²) in [6.45, 7) is 2.56. The van der Waals surface area contributed by atoms with Gasteiger partial charge in [-0.3, -0.25) is 0 Å². The molecule has 2 bridgehead atoms.